The van der Waals surface area contributed by atoms with E-state index in [4.69, 9.17) is 4.98 Å². The first-order valence-electron chi connectivity index (χ1n) is 8.81. The Morgan fingerprint density at radius 3 is 2.67 bits per heavy atom. The summed E-state index contributed by atoms with van der Waals surface area (Å²) in [5.74, 6) is 0. The van der Waals surface area contributed by atoms with Gasteiger partial charge < -0.3 is 14.2 Å². The summed E-state index contributed by atoms with van der Waals surface area (Å²) in [4.78, 5) is 9.48. The highest BCUT2D eigenvalue weighted by molar-refractivity contribution is 5.42. The van der Waals surface area contributed by atoms with Crippen LogP contribution in [0.5, 0.6) is 0 Å². The molecule has 1 atom stereocenters. The summed E-state index contributed by atoms with van der Waals surface area (Å²) in [6.07, 6.45) is 6.72. The molecule has 0 bridgehead atoms. The molecule has 2 aromatic rings. The lowest BCUT2D eigenvalue weighted by Gasteiger charge is -2.27. The Morgan fingerprint density at radius 2 is 2.04 bits per heavy atom. The van der Waals surface area contributed by atoms with E-state index in [1.807, 2.05) is 0 Å². The Hall–Kier alpha value is -1.81. The zero-order valence-corrected chi connectivity index (χ0v) is 15.7. The molecular weight excluding hydrogens is 296 g/mol. The fourth-order valence-corrected chi connectivity index (χ4v) is 3.40. The third-order valence-corrected chi connectivity index (χ3v) is 5.07. The number of likely N-dealkylation sites (N-methyl/N-ethyl adjacent to an activating group) is 2. The van der Waals surface area contributed by atoms with Gasteiger partial charge in [0.25, 0.3) is 0 Å². The Morgan fingerprint density at radius 1 is 1.29 bits per heavy atom. The molecule has 0 amide bonds. The number of fused-ring (bicyclic) bond motifs is 1. The van der Waals surface area contributed by atoms with Gasteiger partial charge in [-0.3, -0.25) is 0 Å². The van der Waals surface area contributed by atoms with Crippen LogP contribution < -0.4 is 0 Å². The smallest absolute Gasteiger partial charge is 0.137 e. The van der Waals surface area contributed by atoms with Crippen molar-refractivity contribution >= 4 is 5.65 Å². The Kier molecular flexibility index (Phi) is 4.43. The summed E-state index contributed by atoms with van der Waals surface area (Å²) in [7, 11) is 4.37. The van der Waals surface area contributed by atoms with Crippen molar-refractivity contribution in [3.8, 4) is 0 Å². The minimum atomic E-state index is 0.0818. The van der Waals surface area contributed by atoms with Gasteiger partial charge in [-0.25, -0.2) is 4.98 Å². The maximum Gasteiger partial charge on any atom is 0.137 e. The van der Waals surface area contributed by atoms with Crippen molar-refractivity contribution < 1.29 is 0 Å². The monoisotopic (exact) mass is 326 g/mol. The van der Waals surface area contributed by atoms with Crippen LogP contribution >= 0.6 is 0 Å². The van der Waals surface area contributed by atoms with Crippen LogP contribution in [0.25, 0.3) is 5.65 Å². The molecule has 1 fully saturated rings. The van der Waals surface area contributed by atoms with Gasteiger partial charge >= 0.3 is 0 Å². The first-order valence-corrected chi connectivity index (χ1v) is 8.81. The molecule has 0 aromatic carbocycles. The van der Waals surface area contributed by atoms with Crippen molar-refractivity contribution in [1.82, 2.24) is 19.2 Å². The zero-order chi connectivity index (χ0) is 17.5. The third kappa shape index (κ3) is 3.48. The van der Waals surface area contributed by atoms with E-state index in [2.05, 4.69) is 80.2 Å². The van der Waals surface area contributed by atoms with Gasteiger partial charge in [0, 0.05) is 49.7 Å². The van der Waals surface area contributed by atoms with Gasteiger partial charge in [0.1, 0.15) is 5.65 Å². The zero-order valence-electron chi connectivity index (χ0n) is 15.7. The number of allylic oxidation sites excluding steroid dienone is 1. The van der Waals surface area contributed by atoms with E-state index < -0.39 is 0 Å². The molecule has 0 aliphatic carbocycles. The molecule has 1 aliphatic heterocycles. The Balaban J connectivity index is 1.69. The predicted molar refractivity (Wildman–Crippen MR) is 100 cm³/mol. The van der Waals surface area contributed by atoms with E-state index in [0.717, 1.165) is 30.9 Å². The normalized spacial score (nSPS) is 19.0. The Labute approximate surface area is 145 Å². The maximum absolute atomic E-state index is 4.74. The van der Waals surface area contributed by atoms with Crippen molar-refractivity contribution in [3.63, 3.8) is 0 Å². The molecule has 0 radical (unpaired) electrons. The summed E-state index contributed by atoms with van der Waals surface area (Å²) < 4.78 is 2.16. The van der Waals surface area contributed by atoms with E-state index in [9.17, 15) is 0 Å². The van der Waals surface area contributed by atoms with Gasteiger partial charge in [-0.2, -0.15) is 0 Å². The van der Waals surface area contributed by atoms with E-state index >= 15 is 0 Å². The highest BCUT2D eigenvalue weighted by Gasteiger charge is 2.24. The first-order chi connectivity index (χ1) is 11.2. The van der Waals surface area contributed by atoms with Gasteiger partial charge in [-0.15, -0.1) is 0 Å². The second kappa shape index (κ2) is 6.25. The van der Waals surface area contributed by atoms with Crippen LogP contribution in [-0.4, -0.2) is 45.9 Å². The molecule has 3 rings (SSSR count). The molecule has 0 saturated carbocycles. The van der Waals surface area contributed by atoms with Crippen LogP contribution in [0.15, 0.2) is 36.8 Å². The summed E-state index contributed by atoms with van der Waals surface area (Å²) >= 11 is 0. The lowest BCUT2D eigenvalue weighted by molar-refractivity contribution is 0.231. The van der Waals surface area contributed by atoms with E-state index in [-0.39, 0.29) is 5.41 Å². The number of hydrogen-bond donors (Lipinski definition) is 0. The molecule has 24 heavy (non-hydrogen) atoms. The number of hydrogen-bond acceptors (Lipinski definition) is 3. The van der Waals surface area contributed by atoms with Gasteiger partial charge in [-0.05, 0) is 31.5 Å². The van der Waals surface area contributed by atoms with Crippen LogP contribution in [0.2, 0.25) is 0 Å². The van der Waals surface area contributed by atoms with Crippen LogP contribution in [0, 0.1) is 0 Å². The number of rotatable bonds is 4. The highest BCUT2D eigenvalue weighted by Crippen LogP contribution is 2.25. The van der Waals surface area contributed by atoms with Crippen molar-refractivity contribution in [3.05, 3.63) is 48.1 Å². The number of imidazole rings is 1. The molecule has 1 aliphatic rings. The van der Waals surface area contributed by atoms with Gasteiger partial charge in [0.05, 0.1) is 5.69 Å². The fraction of sp³-hybridized carbons (Fsp3) is 0.550. The molecule has 4 heteroatoms. The maximum atomic E-state index is 4.74. The number of pyridine rings is 1. The lowest BCUT2D eigenvalue weighted by Crippen LogP contribution is -2.35. The SMILES string of the molecule is C=C1CC[C@@H](CN(C)Cc2ccc3nc(C(C)(C)C)cn3c2)N1C. The van der Waals surface area contributed by atoms with Crippen molar-refractivity contribution in [2.75, 3.05) is 20.6 Å². The standard InChI is InChI=1S/C20H30N4/c1-15-7-9-17(23(15)6)13-22(5)11-16-8-10-19-21-18(20(2,3)4)14-24(19)12-16/h8,10,12,14,17H,1,7,9,11,13H2,2-6H3/t17-/m0/s1. The molecular formula is C20H30N4. The van der Waals surface area contributed by atoms with Gasteiger partial charge in [0.2, 0.25) is 0 Å². The van der Waals surface area contributed by atoms with E-state index in [1.165, 1.54) is 17.7 Å². The molecule has 0 N–H and O–H groups in total. The highest BCUT2D eigenvalue weighted by atomic mass is 15.2. The minimum absolute atomic E-state index is 0.0818. The van der Waals surface area contributed by atoms with E-state index in [1.54, 1.807) is 0 Å². The molecule has 4 nitrogen and oxygen atoms in total. The molecule has 0 spiro atoms. The van der Waals surface area contributed by atoms with Crippen molar-refractivity contribution in [2.24, 2.45) is 0 Å². The Bertz CT molecular complexity index is 738. The largest absolute Gasteiger partial charge is 0.374 e. The quantitative estimate of drug-likeness (QED) is 0.856. The van der Waals surface area contributed by atoms with Crippen molar-refractivity contribution in [1.29, 1.82) is 0 Å². The lowest BCUT2D eigenvalue weighted by atomic mass is 9.93. The second-order valence-corrected chi connectivity index (χ2v) is 8.25. The summed E-state index contributed by atoms with van der Waals surface area (Å²) in [6.45, 7) is 12.8. The van der Waals surface area contributed by atoms with Crippen LogP contribution in [-0.2, 0) is 12.0 Å². The first kappa shape index (κ1) is 17.0. The summed E-state index contributed by atoms with van der Waals surface area (Å²) in [5.41, 5.74) is 4.83. The predicted octanol–water partition coefficient (Wildman–Crippen LogP) is 3.67. The second-order valence-electron chi connectivity index (χ2n) is 8.25. The van der Waals surface area contributed by atoms with Crippen LogP contribution in [0.4, 0.5) is 0 Å². The van der Waals surface area contributed by atoms with E-state index in [0.29, 0.717) is 6.04 Å². The average molecular weight is 326 g/mol. The molecule has 2 aromatic heterocycles. The van der Waals surface area contributed by atoms with Gasteiger partial charge in [0.15, 0.2) is 0 Å². The van der Waals surface area contributed by atoms with Crippen molar-refractivity contribution in [2.45, 2.75) is 51.6 Å². The summed E-state index contributed by atoms with van der Waals surface area (Å²) in [6, 6.07) is 4.91. The van der Waals surface area contributed by atoms with Crippen LogP contribution in [0.3, 0.4) is 0 Å². The number of nitrogens with zero attached hydrogens (tertiary/aromatic N) is 4. The average Bonchev–Trinajstić information content (AvgIpc) is 3.05. The summed E-state index contributed by atoms with van der Waals surface area (Å²) in [5, 5.41) is 0. The minimum Gasteiger partial charge on any atom is -0.374 e. The fourth-order valence-electron chi connectivity index (χ4n) is 3.40. The van der Waals surface area contributed by atoms with Gasteiger partial charge in [-0.1, -0.05) is 33.4 Å². The third-order valence-electron chi connectivity index (χ3n) is 5.07. The molecule has 130 valence electrons. The number of likely N-dealkylation sites (tertiary alicyclic amines) is 1. The molecule has 3 heterocycles. The molecule has 0 unspecified atom stereocenters. The number of aromatic nitrogens is 2. The molecule has 1 saturated heterocycles. The van der Waals surface area contributed by atoms with Crippen LogP contribution in [0.1, 0.15) is 44.9 Å². The topological polar surface area (TPSA) is 23.8 Å².